The van der Waals surface area contributed by atoms with Crippen LogP contribution in [-0.2, 0) is 0 Å². The first kappa shape index (κ1) is 17.9. The Labute approximate surface area is 166 Å². The third kappa shape index (κ3) is 3.63. The molecular formula is C22H17N3O2S. The summed E-state index contributed by atoms with van der Waals surface area (Å²) in [4.78, 5) is 18.5. The van der Waals surface area contributed by atoms with Crippen LogP contribution < -0.4 is 10.2 Å². The van der Waals surface area contributed by atoms with E-state index in [1.807, 2.05) is 66.0 Å². The lowest BCUT2D eigenvalue weighted by atomic mass is 10.0. The first-order valence-corrected chi connectivity index (χ1v) is 9.54. The maximum absolute atomic E-state index is 12.8. The molecule has 6 heteroatoms. The minimum absolute atomic E-state index is 0.289. The van der Waals surface area contributed by atoms with E-state index in [4.69, 9.17) is 9.72 Å². The first-order chi connectivity index (χ1) is 13.8. The number of amides is 1. The van der Waals surface area contributed by atoms with Crippen molar-refractivity contribution in [1.82, 2.24) is 10.4 Å². The number of aromatic nitrogens is 1. The summed E-state index contributed by atoms with van der Waals surface area (Å²) in [6.45, 7) is 0. The molecule has 0 spiro atoms. The van der Waals surface area contributed by atoms with Crippen LogP contribution in [0.25, 0.3) is 22.2 Å². The van der Waals surface area contributed by atoms with Crippen molar-refractivity contribution in [1.29, 1.82) is 0 Å². The Balaban J connectivity index is 1.75. The second-order valence-electron chi connectivity index (χ2n) is 5.99. The van der Waals surface area contributed by atoms with E-state index < -0.39 is 0 Å². The number of rotatable bonds is 5. The van der Waals surface area contributed by atoms with Crippen LogP contribution in [0.4, 0.5) is 0 Å². The first-order valence-electron chi connectivity index (χ1n) is 8.66. The Morgan fingerprint density at radius 2 is 1.93 bits per heavy atom. The Hall–Kier alpha value is -3.51. The monoisotopic (exact) mass is 387 g/mol. The number of carbonyl (C=O) groups excluding carboxylic acids is 1. The largest absolute Gasteiger partial charge is 0.496 e. The highest BCUT2D eigenvalue weighted by molar-refractivity contribution is 7.11. The molecule has 138 valence electrons. The molecule has 0 unspecified atom stereocenters. The second-order valence-corrected chi connectivity index (χ2v) is 6.97. The molecule has 0 aliphatic rings. The van der Waals surface area contributed by atoms with Crippen molar-refractivity contribution in [2.45, 2.75) is 0 Å². The Bertz CT molecular complexity index is 1150. The average Bonchev–Trinajstić information content (AvgIpc) is 3.26. The van der Waals surface area contributed by atoms with Crippen molar-refractivity contribution in [3.8, 4) is 17.0 Å². The summed E-state index contributed by atoms with van der Waals surface area (Å²) in [6, 6.07) is 20.8. The maximum Gasteiger partial charge on any atom is 0.272 e. The normalized spacial score (nSPS) is 11.0. The molecule has 2 heterocycles. The summed E-state index contributed by atoms with van der Waals surface area (Å²) in [7, 11) is 1.62. The third-order valence-electron chi connectivity index (χ3n) is 4.24. The molecule has 2 aromatic heterocycles. The lowest BCUT2D eigenvalue weighted by molar-refractivity contribution is 0.0956. The standard InChI is InChI=1S/C22H17N3O2S/c1-27-21-11-5-3-9-17(21)20-13-18(16-8-2-4-10-19(16)24-20)22(26)25-23-14-15-7-6-12-28-15/h2-14H,1H3,(H,25,26)/b23-14+. The average molecular weight is 387 g/mol. The number of thiophene rings is 1. The highest BCUT2D eigenvalue weighted by atomic mass is 32.1. The summed E-state index contributed by atoms with van der Waals surface area (Å²) < 4.78 is 5.46. The van der Waals surface area contributed by atoms with Crippen LogP contribution in [0.15, 0.2) is 77.2 Å². The van der Waals surface area contributed by atoms with E-state index in [1.165, 1.54) is 0 Å². The number of benzene rings is 2. The summed E-state index contributed by atoms with van der Waals surface area (Å²) in [5.74, 6) is 0.412. The zero-order chi connectivity index (χ0) is 19.3. The van der Waals surface area contributed by atoms with Gasteiger partial charge in [0, 0.05) is 15.8 Å². The van der Waals surface area contributed by atoms with Crippen molar-refractivity contribution in [2.24, 2.45) is 5.10 Å². The lowest BCUT2D eigenvalue weighted by Gasteiger charge is -2.11. The van der Waals surface area contributed by atoms with Crippen LogP contribution in [0, 0.1) is 0 Å². The highest BCUT2D eigenvalue weighted by Crippen LogP contribution is 2.31. The van der Waals surface area contributed by atoms with Crippen LogP contribution in [0.1, 0.15) is 15.2 Å². The number of para-hydroxylation sites is 2. The zero-order valence-corrected chi connectivity index (χ0v) is 15.9. The van der Waals surface area contributed by atoms with Crippen LogP contribution in [0.3, 0.4) is 0 Å². The molecule has 0 bridgehead atoms. The SMILES string of the molecule is COc1ccccc1-c1cc(C(=O)N/N=C/c2cccs2)c2ccccc2n1. The van der Waals surface area contributed by atoms with Crippen LogP contribution in [-0.4, -0.2) is 24.2 Å². The van der Waals surface area contributed by atoms with Gasteiger partial charge in [-0.15, -0.1) is 11.3 Å². The van der Waals surface area contributed by atoms with Gasteiger partial charge in [0.25, 0.3) is 5.91 Å². The molecule has 4 rings (SSSR count). The van der Waals surface area contributed by atoms with Gasteiger partial charge in [-0.2, -0.15) is 5.10 Å². The number of methoxy groups -OCH3 is 1. The van der Waals surface area contributed by atoms with E-state index >= 15 is 0 Å². The van der Waals surface area contributed by atoms with Crippen LogP contribution in [0.5, 0.6) is 5.75 Å². The molecule has 0 saturated heterocycles. The van der Waals surface area contributed by atoms with Gasteiger partial charge in [-0.3, -0.25) is 4.79 Å². The van der Waals surface area contributed by atoms with E-state index in [0.29, 0.717) is 17.0 Å². The topological polar surface area (TPSA) is 63.6 Å². The number of hydrogen-bond donors (Lipinski definition) is 1. The number of hydrazone groups is 1. The van der Waals surface area contributed by atoms with Gasteiger partial charge in [0.15, 0.2) is 0 Å². The molecule has 2 aromatic carbocycles. The predicted octanol–water partition coefficient (Wildman–Crippen LogP) is 4.74. The predicted molar refractivity (Wildman–Crippen MR) is 113 cm³/mol. The summed E-state index contributed by atoms with van der Waals surface area (Å²) in [6.07, 6.45) is 1.63. The molecule has 5 nitrogen and oxygen atoms in total. The number of carbonyl (C=O) groups is 1. The Kier molecular flexibility index (Phi) is 5.12. The molecule has 1 N–H and O–H groups in total. The van der Waals surface area contributed by atoms with Gasteiger partial charge in [-0.1, -0.05) is 36.4 Å². The molecule has 0 atom stereocenters. The fourth-order valence-electron chi connectivity index (χ4n) is 2.94. The van der Waals surface area contributed by atoms with Gasteiger partial charge in [0.1, 0.15) is 5.75 Å². The minimum atomic E-state index is -0.289. The van der Waals surface area contributed by atoms with Crippen LogP contribution in [0.2, 0.25) is 0 Å². The number of nitrogens with one attached hydrogen (secondary N) is 1. The fourth-order valence-corrected chi connectivity index (χ4v) is 3.52. The van der Waals surface area contributed by atoms with Crippen molar-refractivity contribution in [3.63, 3.8) is 0 Å². The maximum atomic E-state index is 12.8. The van der Waals surface area contributed by atoms with Gasteiger partial charge < -0.3 is 4.74 Å². The van der Waals surface area contributed by atoms with Crippen molar-refractivity contribution >= 4 is 34.4 Å². The van der Waals surface area contributed by atoms with Crippen molar-refractivity contribution in [2.75, 3.05) is 7.11 Å². The van der Waals surface area contributed by atoms with Crippen LogP contribution >= 0.6 is 11.3 Å². The van der Waals surface area contributed by atoms with E-state index in [0.717, 1.165) is 21.3 Å². The molecule has 0 aliphatic carbocycles. The van der Waals surface area contributed by atoms with Gasteiger partial charge in [0.2, 0.25) is 0 Å². The van der Waals surface area contributed by atoms with Gasteiger partial charge in [0.05, 0.1) is 30.1 Å². The minimum Gasteiger partial charge on any atom is -0.496 e. The molecule has 1 amide bonds. The van der Waals surface area contributed by atoms with Crippen molar-refractivity contribution < 1.29 is 9.53 Å². The van der Waals surface area contributed by atoms with Gasteiger partial charge in [-0.05, 0) is 35.7 Å². The van der Waals surface area contributed by atoms with E-state index in [2.05, 4.69) is 10.5 Å². The zero-order valence-electron chi connectivity index (χ0n) is 15.1. The van der Waals surface area contributed by atoms with E-state index in [9.17, 15) is 4.79 Å². The third-order valence-corrected chi connectivity index (χ3v) is 5.05. The summed E-state index contributed by atoms with van der Waals surface area (Å²) in [5.41, 5.74) is 5.35. The molecule has 0 aliphatic heterocycles. The lowest BCUT2D eigenvalue weighted by Crippen LogP contribution is -2.18. The smallest absolute Gasteiger partial charge is 0.272 e. The number of fused-ring (bicyclic) bond motifs is 1. The van der Waals surface area contributed by atoms with Crippen molar-refractivity contribution in [3.05, 3.63) is 82.6 Å². The quantitative estimate of drug-likeness (QED) is 0.397. The molecule has 0 saturated carbocycles. The van der Waals surface area contributed by atoms with E-state index in [-0.39, 0.29) is 5.91 Å². The molecule has 4 aromatic rings. The van der Waals surface area contributed by atoms with Gasteiger partial charge in [-0.25, -0.2) is 10.4 Å². The van der Waals surface area contributed by atoms with Gasteiger partial charge >= 0.3 is 0 Å². The highest BCUT2D eigenvalue weighted by Gasteiger charge is 2.15. The summed E-state index contributed by atoms with van der Waals surface area (Å²) >= 11 is 1.55. The summed E-state index contributed by atoms with van der Waals surface area (Å²) in [5, 5.41) is 6.80. The number of pyridine rings is 1. The number of hydrogen-bond acceptors (Lipinski definition) is 5. The second kappa shape index (κ2) is 8.02. The molecular weight excluding hydrogens is 370 g/mol. The van der Waals surface area contributed by atoms with E-state index in [1.54, 1.807) is 30.7 Å². The molecule has 28 heavy (non-hydrogen) atoms. The number of ether oxygens (including phenoxy) is 1. The number of nitrogens with zero attached hydrogens (tertiary/aromatic N) is 2. The Morgan fingerprint density at radius 1 is 1.11 bits per heavy atom. The Morgan fingerprint density at radius 3 is 2.75 bits per heavy atom. The molecule has 0 fully saturated rings. The molecule has 0 radical (unpaired) electrons. The fraction of sp³-hybridized carbons (Fsp3) is 0.0455.